The number of nitrogens with zero attached hydrogens (tertiary/aromatic N) is 2. The van der Waals surface area contributed by atoms with Crippen LogP contribution in [0.2, 0.25) is 0 Å². The van der Waals surface area contributed by atoms with Crippen molar-refractivity contribution in [1.29, 1.82) is 0 Å². The fourth-order valence-electron chi connectivity index (χ4n) is 3.16. The van der Waals surface area contributed by atoms with E-state index in [-0.39, 0.29) is 23.1 Å². The Morgan fingerprint density at radius 3 is 2.62 bits per heavy atom. The van der Waals surface area contributed by atoms with Gasteiger partial charge in [0.1, 0.15) is 11.9 Å². The summed E-state index contributed by atoms with van der Waals surface area (Å²) in [4.78, 5) is 31.9. The lowest BCUT2D eigenvalue weighted by molar-refractivity contribution is -0.119. The molecule has 1 aromatic carbocycles. The standard InChI is InChI=1S/C20H19FN6O2/c21-14-9-13(17(22)28)19(27-20(14)26-16(18(23)29)10-3-4-10)25-12-5-6-15-11(8-12)2-1-7-24-15/h1-2,5-10,16H,3-4H2,(H2,22,28)(H2,23,29)(H2,25,26,27). The first kappa shape index (κ1) is 18.6. The summed E-state index contributed by atoms with van der Waals surface area (Å²) in [6, 6.07) is 9.35. The van der Waals surface area contributed by atoms with E-state index in [0.717, 1.165) is 29.8 Å². The second kappa shape index (κ2) is 7.34. The maximum atomic E-state index is 14.5. The van der Waals surface area contributed by atoms with Crippen LogP contribution in [-0.4, -0.2) is 27.8 Å². The molecule has 1 aliphatic rings. The molecule has 3 aromatic rings. The molecule has 2 aromatic heterocycles. The number of hydrogen-bond acceptors (Lipinski definition) is 6. The minimum Gasteiger partial charge on any atom is -0.368 e. The van der Waals surface area contributed by atoms with Crippen molar-refractivity contribution in [3.63, 3.8) is 0 Å². The van der Waals surface area contributed by atoms with Crippen molar-refractivity contribution in [2.45, 2.75) is 18.9 Å². The number of primary amides is 2. The predicted molar refractivity (Wildman–Crippen MR) is 107 cm³/mol. The van der Waals surface area contributed by atoms with Crippen LogP contribution in [0.25, 0.3) is 10.9 Å². The summed E-state index contributed by atoms with van der Waals surface area (Å²) in [7, 11) is 0. The zero-order valence-corrected chi connectivity index (χ0v) is 15.4. The molecule has 1 atom stereocenters. The molecule has 0 saturated heterocycles. The van der Waals surface area contributed by atoms with E-state index in [2.05, 4.69) is 20.6 Å². The highest BCUT2D eigenvalue weighted by molar-refractivity contribution is 5.99. The van der Waals surface area contributed by atoms with Crippen LogP contribution >= 0.6 is 0 Å². The minimum absolute atomic E-state index is 0.0499. The molecule has 1 aliphatic carbocycles. The molecule has 29 heavy (non-hydrogen) atoms. The number of carbonyl (C=O) groups is 2. The molecule has 4 rings (SSSR count). The van der Waals surface area contributed by atoms with E-state index in [1.54, 1.807) is 24.4 Å². The quantitative estimate of drug-likeness (QED) is 0.485. The summed E-state index contributed by atoms with van der Waals surface area (Å²) in [6.07, 6.45) is 3.35. The number of fused-ring (bicyclic) bond motifs is 1. The Morgan fingerprint density at radius 2 is 1.93 bits per heavy atom. The Morgan fingerprint density at radius 1 is 1.14 bits per heavy atom. The van der Waals surface area contributed by atoms with Gasteiger partial charge in [-0.1, -0.05) is 6.07 Å². The van der Waals surface area contributed by atoms with E-state index in [4.69, 9.17) is 11.5 Å². The highest BCUT2D eigenvalue weighted by Gasteiger charge is 2.36. The molecule has 0 aliphatic heterocycles. The zero-order chi connectivity index (χ0) is 20.5. The molecule has 2 heterocycles. The van der Waals surface area contributed by atoms with Crippen molar-refractivity contribution in [2.24, 2.45) is 17.4 Å². The van der Waals surface area contributed by atoms with E-state index in [1.165, 1.54) is 0 Å². The fraction of sp³-hybridized carbons (Fsp3) is 0.200. The maximum Gasteiger partial charge on any atom is 0.252 e. The van der Waals surface area contributed by atoms with E-state index < -0.39 is 23.7 Å². The Bertz CT molecular complexity index is 1120. The average molecular weight is 394 g/mol. The Balaban J connectivity index is 1.69. The van der Waals surface area contributed by atoms with Crippen molar-refractivity contribution in [2.75, 3.05) is 10.6 Å². The number of anilines is 3. The Kier molecular flexibility index (Phi) is 4.71. The lowest BCUT2D eigenvalue weighted by atomic mass is 10.1. The first-order valence-electron chi connectivity index (χ1n) is 9.10. The number of aromatic nitrogens is 2. The SMILES string of the molecule is NC(=O)c1cc(F)c(NC(C(N)=O)C2CC2)nc1Nc1ccc2ncccc2c1. The summed E-state index contributed by atoms with van der Waals surface area (Å²) in [6.45, 7) is 0. The lowest BCUT2D eigenvalue weighted by Gasteiger charge is -2.18. The highest BCUT2D eigenvalue weighted by atomic mass is 19.1. The summed E-state index contributed by atoms with van der Waals surface area (Å²) in [5.41, 5.74) is 12.1. The third-order valence-corrected chi connectivity index (χ3v) is 4.80. The number of carbonyl (C=O) groups excluding carboxylic acids is 2. The molecule has 0 bridgehead atoms. The first-order valence-corrected chi connectivity index (χ1v) is 9.10. The van der Waals surface area contributed by atoms with Gasteiger partial charge in [0.2, 0.25) is 5.91 Å². The summed E-state index contributed by atoms with van der Waals surface area (Å²) in [5, 5.41) is 6.64. The molecule has 148 valence electrons. The van der Waals surface area contributed by atoms with Gasteiger partial charge in [-0.3, -0.25) is 14.6 Å². The van der Waals surface area contributed by atoms with E-state index in [0.29, 0.717) is 5.69 Å². The van der Waals surface area contributed by atoms with Gasteiger partial charge >= 0.3 is 0 Å². The second-order valence-electron chi connectivity index (χ2n) is 6.98. The number of rotatable bonds is 7. The number of pyridine rings is 2. The van der Waals surface area contributed by atoms with Gasteiger partial charge in [0.05, 0.1) is 11.1 Å². The van der Waals surface area contributed by atoms with Crippen LogP contribution < -0.4 is 22.1 Å². The van der Waals surface area contributed by atoms with Crippen molar-refractivity contribution in [1.82, 2.24) is 9.97 Å². The second-order valence-corrected chi connectivity index (χ2v) is 6.98. The minimum atomic E-state index is -0.832. The van der Waals surface area contributed by atoms with Gasteiger partial charge in [0.25, 0.3) is 5.91 Å². The molecule has 1 unspecified atom stereocenters. The van der Waals surface area contributed by atoms with Crippen molar-refractivity contribution in [3.05, 3.63) is 54.0 Å². The van der Waals surface area contributed by atoms with E-state index >= 15 is 0 Å². The van der Waals surface area contributed by atoms with E-state index in [9.17, 15) is 14.0 Å². The number of nitrogens with one attached hydrogen (secondary N) is 2. The van der Waals surface area contributed by atoms with Gasteiger partial charge in [-0.25, -0.2) is 9.37 Å². The molecule has 8 nitrogen and oxygen atoms in total. The van der Waals surface area contributed by atoms with Crippen LogP contribution in [0.1, 0.15) is 23.2 Å². The normalized spacial score (nSPS) is 14.4. The van der Waals surface area contributed by atoms with Crippen molar-refractivity contribution >= 4 is 40.0 Å². The molecular formula is C20H19FN6O2. The largest absolute Gasteiger partial charge is 0.368 e. The number of hydrogen-bond donors (Lipinski definition) is 4. The predicted octanol–water partition coefficient (Wildman–Crippen LogP) is 2.29. The zero-order valence-electron chi connectivity index (χ0n) is 15.4. The smallest absolute Gasteiger partial charge is 0.252 e. The molecule has 9 heteroatoms. The van der Waals surface area contributed by atoms with E-state index in [1.807, 2.05) is 12.1 Å². The van der Waals surface area contributed by atoms with Crippen LogP contribution in [-0.2, 0) is 4.79 Å². The summed E-state index contributed by atoms with van der Waals surface area (Å²) >= 11 is 0. The Labute approximate surface area is 165 Å². The van der Waals surface area contributed by atoms with Crippen LogP contribution in [0.15, 0.2) is 42.6 Å². The van der Waals surface area contributed by atoms with Crippen LogP contribution in [0.3, 0.4) is 0 Å². The van der Waals surface area contributed by atoms with Crippen LogP contribution in [0, 0.1) is 11.7 Å². The molecule has 0 spiro atoms. The maximum absolute atomic E-state index is 14.5. The third kappa shape index (κ3) is 3.93. The fourth-order valence-corrected chi connectivity index (χ4v) is 3.16. The van der Waals surface area contributed by atoms with Gasteiger partial charge in [-0.2, -0.15) is 0 Å². The molecule has 1 fully saturated rings. The van der Waals surface area contributed by atoms with Crippen LogP contribution in [0.5, 0.6) is 0 Å². The highest BCUT2D eigenvalue weighted by Crippen LogP contribution is 2.35. The van der Waals surface area contributed by atoms with Gasteiger partial charge in [-0.15, -0.1) is 0 Å². The monoisotopic (exact) mass is 394 g/mol. The van der Waals surface area contributed by atoms with Gasteiger partial charge in [0, 0.05) is 17.3 Å². The Hall–Kier alpha value is -3.75. The number of benzene rings is 1. The number of amides is 2. The topological polar surface area (TPSA) is 136 Å². The molecular weight excluding hydrogens is 375 g/mol. The summed E-state index contributed by atoms with van der Waals surface area (Å²) in [5.74, 6) is -2.25. The summed E-state index contributed by atoms with van der Waals surface area (Å²) < 4.78 is 14.5. The lowest BCUT2D eigenvalue weighted by Crippen LogP contribution is -2.37. The molecule has 6 N–H and O–H groups in total. The molecule has 0 radical (unpaired) electrons. The van der Waals surface area contributed by atoms with Crippen molar-refractivity contribution < 1.29 is 14.0 Å². The number of nitrogens with two attached hydrogens (primary N) is 2. The van der Waals surface area contributed by atoms with Crippen LogP contribution in [0.4, 0.5) is 21.7 Å². The first-order chi connectivity index (χ1) is 13.9. The van der Waals surface area contributed by atoms with Crippen molar-refractivity contribution in [3.8, 4) is 0 Å². The van der Waals surface area contributed by atoms with Gasteiger partial charge in [0.15, 0.2) is 11.6 Å². The third-order valence-electron chi connectivity index (χ3n) is 4.80. The average Bonchev–Trinajstić information content (AvgIpc) is 3.52. The molecule has 1 saturated carbocycles. The molecule has 2 amide bonds. The van der Waals surface area contributed by atoms with Gasteiger partial charge < -0.3 is 22.1 Å². The number of halogens is 1. The van der Waals surface area contributed by atoms with Gasteiger partial charge in [-0.05, 0) is 49.1 Å².